The quantitative estimate of drug-likeness (QED) is 0.906. The molecule has 1 atom stereocenters. The number of rotatable bonds is 5. The zero-order valence-electron chi connectivity index (χ0n) is 13.1. The Labute approximate surface area is 134 Å². The molecule has 6 heteroatoms. The van der Waals surface area contributed by atoms with E-state index in [4.69, 9.17) is 9.26 Å². The van der Waals surface area contributed by atoms with E-state index in [9.17, 15) is 9.90 Å². The van der Waals surface area contributed by atoms with Crippen LogP contribution in [0.4, 0.5) is 0 Å². The number of nitrogens with zero attached hydrogens (tertiary/aromatic N) is 2. The van der Waals surface area contributed by atoms with Gasteiger partial charge in [0.1, 0.15) is 23.7 Å². The fourth-order valence-electron chi connectivity index (χ4n) is 2.68. The van der Waals surface area contributed by atoms with Gasteiger partial charge in [-0.3, -0.25) is 4.79 Å². The lowest BCUT2D eigenvalue weighted by atomic mass is 10.1. The topological polar surface area (TPSA) is 75.8 Å². The maximum Gasteiger partial charge on any atom is 0.230 e. The SMILES string of the molecule is Cc1cc(CC(=O)N2CCC(O)(COc3ccccc3)C2)on1. The van der Waals surface area contributed by atoms with E-state index in [0.29, 0.717) is 24.5 Å². The summed E-state index contributed by atoms with van der Waals surface area (Å²) in [6, 6.07) is 11.1. The number of carbonyl (C=O) groups is 1. The van der Waals surface area contributed by atoms with Gasteiger partial charge < -0.3 is 19.3 Å². The lowest BCUT2D eigenvalue weighted by Crippen LogP contribution is -2.41. The molecule has 3 rings (SSSR count). The van der Waals surface area contributed by atoms with Gasteiger partial charge in [-0.25, -0.2) is 0 Å². The number of para-hydroxylation sites is 1. The number of hydrogen-bond donors (Lipinski definition) is 1. The van der Waals surface area contributed by atoms with Crippen molar-refractivity contribution in [3.63, 3.8) is 0 Å². The van der Waals surface area contributed by atoms with Crippen LogP contribution in [0.15, 0.2) is 40.9 Å². The van der Waals surface area contributed by atoms with Crippen molar-refractivity contribution in [1.82, 2.24) is 10.1 Å². The molecule has 0 aliphatic carbocycles. The third-order valence-electron chi connectivity index (χ3n) is 3.94. The maximum absolute atomic E-state index is 12.3. The lowest BCUT2D eigenvalue weighted by Gasteiger charge is -2.23. The summed E-state index contributed by atoms with van der Waals surface area (Å²) < 4.78 is 10.7. The van der Waals surface area contributed by atoms with Gasteiger partial charge in [0.2, 0.25) is 5.91 Å². The van der Waals surface area contributed by atoms with Crippen molar-refractivity contribution in [2.24, 2.45) is 0 Å². The first kappa shape index (κ1) is 15.6. The van der Waals surface area contributed by atoms with Gasteiger partial charge in [-0.05, 0) is 25.5 Å². The number of aryl methyl sites for hydroxylation is 1. The molecule has 6 nitrogen and oxygen atoms in total. The number of carbonyl (C=O) groups excluding carboxylic acids is 1. The lowest BCUT2D eigenvalue weighted by molar-refractivity contribution is -0.131. The van der Waals surface area contributed by atoms with Crippen molar-refractivity contribution in [1.29, 1.82) is 0 Å². The van der Waals surface area contributed by atoms with Gasteiger partial charge in [0.25, 0.3) is 0 Å². The van der Waals surface area contributed by atoms with Crippen LogP contribution in [0.3, 0.4) is 0 Å². The molecule has 2 aromatic rings. The van der Waals surface area contributed by atoms with Crippen LogP contribution >= 0.6 is 0 Å². The highest BCUT2D eigenvalue weighted by atomic mass is 16.5. The Bertz CT molecular complexity index is 670. The standard InChI is InChI=1S/C17H20N2O4/c1-13-9-15(23-18-13)10-16(20)19-8-7-17(21,11-19)12-22-14-5-3-2-4-6-14/h2-6,9,21H,7-8,10-12H2,1H3. The third kappa shape index (κ3) is 3.90. The van der Waals surface area contributed by atoms with Crippen molar-refractivity contribution in [3.8, 4) is 5.75 Å². The molecule has 1 aliphatic rings. The van der Waals surface area contributed by atoms with E-state index >= 15 is 0 Å². The first-order valence-electron chi connectivity index (χ1n) is 7.64. The maximum atomic E-state index is 12.3. The minimum absolute atomic E-state index is 0.0724. The Morgan fingerprint density at radius 1 is 1.43 bits per heavy atom. The molecule has 2 heterocycles. The van der Waals surface area contributed by atoms with Crippen molar-refractivity contribution < 1.29 is 19.2 Å². The molecule has 0 radical (unpaired) electrons. The van der Waals surface area contributed by atoms with E-state index in [-0.39, 0.29) is 25.5 Å². The minimum Gasteiger partial charge on any atom is -0.491 e. The fourth-order valence-corrected chi connectivity index (χ4v) is 2.68. The van der Waals surface area contributed by atoms with Crippen molar-refractivity contribution in [3.05, 3.63) is 47.9 Å². The zero-order chi connectivity index (χ0) is 16.3. The second kappa shape index (κ2) is 6.42. The molecule has 1 aliphatic heterocycles. The summed E-state index contributed by atoms with van der Waals surface area (Å²) >= 11 is 0. The molecule has 0 saturated carbocycles. The molecule has 1 N–H and O–H groups in total. The summed E-state index contributed by atoms with van der Waals surface area (Å²) in [5.41, 5.74) is -0.259. The molecule has 1 unspecified atom stereocenters. The average molecular weight is 316 g/mol. The van der Waals surface area contributed by atoms with Crippen LogP contribution in [-0.4, -0.2) is 46.4 Å². The van der Waals surface area contributed by atoms with E-state index in [1.54, 1.807) is 11.0 Å². The Hall–Kier alpha value is -2.34. The zero-order valence-corrected chi connectivity index (χ0v) is 13.1. The van der Waals surface area contributed by atoms with E-state index in [1.807, 2.05) is 37.3 Å². The summed E-state index contributed by atoms with van der Waals surface area (Å²) in [7, 11) is 0. The number of ether oxygens (including phenoxy) is 1. The van der Waals surface area contributed by atoms with Gasteiger partial charge in [0.05, 0.1) is 18.7 Å². The van der Waals surface area contributed by atoms with Gasteiger partial charge in [-0.15, -0.1) is 0 Å². The fraction of sp³-hybridized carbons (Fsp3) is 0.412. The van der Waals surface area contributed by atoms with Gasteiger partial charge in [0.15, 0.2) is 0 Å². The van der Waals surface area contributed by atoms with Gasteiger partial charge in [-0.2, -0.15) is 0 Å². The highest BCUT2D eigenvalue weighted by molar-refractivity contribution is 5.78. The number of aliphatic hydroxyl groups is 1. The number of likely N-dealkylation sites (tertiary alicyclic amines) is 1. The molecule has 122 valence electrons. The highest BCUT2D eigenvalue weighted by Gasteiger charge is 2.39. The number of benzene rings is 1. The third-order valence-corrected chi connectivity index (χ3v) is 3.94. The van der Waals surface area contributed by atoms with Crippen LogP contribution in [0.5, 0.6) is 5.75 Å². The molecule has 1 saturated heterocycles. The smallest absolute Gasteiger partial charge is 0.230 e. The summed E-state index contributed by atoms with van der Waals surface area (Å²) in [4.78, 5) is 13.9. The van der Waals surface area contributed by atoms with Crippen molar-refractivity contribution in [2.45, 2.75) is 25.4 Å². The number of amides is 1. The van der Waals surface area contributed by atoms with Crippen LogP contribution in [0.25, 0.3) is 0 Å². The van der Waals surface area contributed by atoms with Crippen LogP contribution in [0, 0.1) is 6.92 Å². The first-order chi connectivity index (χ1) is 11.0. The average Bonchev–Trinajstić information content (AvgIpc) is 3.13. The molecular weight excluding hydrogens is 296 g/mol. The predicted molar refractivity (Wildman–Crippen MR) is 83.0 cm³/mol. The minimum atomic E-state index is -1.01. The van der Waals surface area contributed by atoms with Crippen molar-refractivity contribution >= 4 is 5.91 Å². The van der Waals surface area contributed by atoms with Crippen molar-refractivity contribution in [2.75, 3.05) is 19.7 Å². The number of aromatic nitrogens is 1. The second-order valence-electron chi connectivity index (χ2n) is 6.00. The Kier molecular flexibility index (Phi) is 4.34. The van der Waals surface area contributed by atoms with Crippen LogP contribution in [-0.2, 0) is 11.2 Å². The molecule has 1 fully saturated rings. The molecule has 0 bridgehead atoms. The highest BCUT2D eigenvalue weighted by Crippen LogP contribution is 2.23. The summed E-state index contributed by atoms with van der Waals surface area (Å²) in [5, 5.41) is 14.4. The van der Waals surface area contributed by atoms with Gasteiger partial charge in [0, 0.05) is 12.6 Å². The normalized spacial score (nSPS) is 20.7. The van der Waals surface area contributed by atoms with E-state index in [1.165, 1.54) is 0 Å². The van der Waals surface area contributed by atoms with Crippen LogP contribution in [0.2, 0.25) is 0 Å². The summed E-state index contributed by atoms with van der Waals surface area (Å²) in [5.74, 6) is 1.18. The molecule has 1 aromatic carbocycles. The van der Waals surface area contributed by atoms with Crippen LogP contribution < -0.4 is 4.74 Å². The van der Waals surface area contributed by atoms with Crippen LogP contribution in [0.1, 0.15) is 17.9 Å². The summed E-state index contributed by atoms with van der Waals surface area (Å²) in [6.45, 7) is 2.77. The molecule has 23 heavy (non-hydrogen) atoms. The number of hydrogen-bond acceptors (Lipinski definition) is 5. The number of β-amino-alcohol motifs (C(OH)–C–C–N with tert-alkyl or cyclic N) is 1. The summed E-state index contributed by atoms with van der Waals surface area (Å²) in [6.07, 6.45) is 0.664. The Balaban J connectivity index is 1.53. The van der Waals surface area contributed by atoms with Gasteiger partial charge >= 0.3 is 0 Å². The predicted octanol–water partition coefficient (Wildman–Crippen LogP) is 1.57. The Morgan fingerprint density at radius 2 is 2.22 bits per heavy atom. The van der Waals surface area contributed by atoms with E-state index < -0.39 is 5.60 Å². The Morgan fingerprint density at radius 3 is 2.91 bits per heavy atom. The molecular formula is C17H20N2O4. The molecule has 0 spiro atoms. The molecule has 1 amide bonds. The van der Waals surface area contributed by atoms with E-state index in [0.717, 1.165) is 5.69 Å². The van der Waals surface area contributed by atoms with E-state index in [2.05, 4.69) is 5.16 Å². The monoisotopic (exact) mass is 316 g/mol. The largest absolute Gasteiger partial charge is 0.491 e. The first-order valence-corrected chi connectivity index (χ1v) is 7.64. The molecule has 1 aromatic heterocycles. The van der Waals surface area contributed by atoms with Gasteiger partial charge in [-0.1, -0.05) is 23.4 Å². The second-order valence-corrected chi connectivity index (χ2v) is 6.00.